The quantitative estimate of drug-likeness (QED) is 0.716. The second-order valence-corrected chi connectivity index (χ2v) is 6.43. The molecule has 3 aromatic rings. The van der Waals surface area contributed by atoms with Gasteiger partial charge in [-0.3, -0.25) is 4.79 Å². The molecule has 1 aromatic heterocycles. The van der Waals surface area contributed by atoms with Gasteiger partial charge in [0.05, 0.1) is 18.2 Å². The second kappa shape index (κ2) is 6.55. The van der Waals surface area contributed by atoms with Crippen LogP contribution in [0.5, 0.6) is 11.5 Å². The maximum atomic E-state index is 12.7. The molecule has 26 heavy (non-hydrogen) atoms. The highest BCUT2D eigenvalue weighted by Crippen LogP contribution is 2.41. The van der Waals surface area contributed by atoms with E-state index in [2.05, 4.69) is 0 Å². The van der Waals surface area contributed by atoms with E-state index < -0.39 is 5.43 Å². The van der Waals surface area contributed by atoms with Gasteiger partial charge >= 0.3 is 0 Å². The van der Waals surface area contributed by atoms with Crippen LogP contribution < -0.4 is 10.3 Å². The number of halogens is 1. The number of rotatable bonds is 2. The SMILES string of the molecule is O=c1cc(-c2ccccc2Cl)oc2c(N3CCOCC3)c(O)cc(O)c12. The zero-order chi connectivity index (χ0) is 18.3. The molecule has 0 bridgehead atoms. The van der Waals surface area contributed by atoms with Gasteiger partial charge in [0.1, 0.15) is 28.3 Å². The van der Waals surface area contributed by atoms with E-state index >= 15 is 0 Å². The highest BCUT2D eigenvalue weighted by Gasteiger charge is 2.24. The predicted molar refractivity (Wildman–Crippen MR) is 99.3 cm³/mol. The van der Waals surface area contributed by atoms with Crippen molar-refractivity contribution in [2.24, 2.45) is 0 Å². The van der Waals surface area contributed by atoms with E-state index in [1.165, 1.54) is 12.1 Å². The topological polar surface area (TPSA) is 83.1 Å². The summed E-state index contributed by atoms with van der Waals surface area (Å²) < 4.78 is 11.3. The van der Waals surface area contributed by atoms with Crippen molar-refractivity contribution in [1.82, 2.24) is 0 Å². The van der Waals surface area contributed by atoms with Crippen LogP contribution in [0.4, 0.5) is 5.69 Å². The van der Waals surface area contributed by atoms with Crippen LogP contribution in [0.2, 0.25) is 5.02 Å². The number of phenolic OH excluding ortho intramolecular Hbond substituents is 2. The first-order valence-electron chi connectivity index (χ1n) is 8.16. The first-order valence-corrected chi connectivity index (χ1v) is 8.54. The van der Waals surface area contributed by atoms with Crippen molar-refractivity contribution in [3.8, 4) is 22.8 Å². The lowest BCUT2D eigenvalue weighted by molar-refractivity contribution is 0.122. The summed E-state index contributed by atoms with van der Waals surface area (Å²) in [5.41, 5.74) is 0.649. The standard InChI is InChI=1S/C19H16ClNO5/c20-12-4-2-1-3-11(12)16-10-14(23)17-13(22)9-15(24)18(19(17)26-16)21-5-7-25-8-6-21/h1-4,9-10,22,24H,5-8H2. The first-order chi connectivity index (χ1) is 12.6. The molecule has 0 saturated carbocycles. The molecule has 7 heteroatoms. The maximum Gasteiger partial charge on any atom is 0.197 e. The third-order valence-corrected chi connectivity index (χ3v) is 4.73. The Labute approximate surface area is 153 Å². The predicted octanol–water partition coefficient (Wildman–Crippen LogP) is 3.36. The molecule has 0 radical (unpaired) electrons. The van der Waals surface area contributed by atoms with E-state index in [0.29, 0.717) is 42.6 Å². The van der Waals surface area contributed by atoms with Crippen LogP contribution in [-0.4, -0.2) is 36.5 Å². The van der Waals surface area contributed by atoms with Crippen LogP contribution in [0.15, 0.2) is 45.6 Å². The Kier molecular flexibility index (Phi) is 4.22. The minimum absolute atomic E-state index is 0.0279. The minimum atomic E-state index is -0.409. The van der Waals surface area contributed by atoms with Gasteiger partial charge in [0.2, 0.25) is 0 Å². The molecule has 1 fully saturated rings. The summed E-state index contributed by atoms with van der Waals surface area (Å²) in [4.78, 5) is 14.5. The summed E-state index contributed by atoms with van der Waals surface area (Å²) in [5, 5.41) is 21.1. The van der Waals surface area contributed by atoms with Crippen molar-refractivity contribution >= 4 is 28.3 Å². The Hall–Kier alpha value is -2.70. The highest BCUT2D eigenvalue weighted by molar-refractivity contribution is 6.33. The molecule has 0 aliphatic carbocycles. The fraction of sp³-hybridized carbons (Fsp3) is 0.211. The van der Waals surface area contributed by atoms with Gasteiger partial charge in [-0.25, -0.2) is 0 Å². The van der Waals surface area contributed by atoms with E-state index in [-0.39, 0.29) is 28.2 Å². The largest absolute Gasteiger partial charge is 0.507 e. The number of hydrogen-bond acceptors (Lipinski definition) is 6. The van der Waals surface area contributed by atoms with Crippen molar-refractivity contribution in [3.05, 3.63) is 51.6 Å². The van der Waals surface area contributed by atoms with Gasteiger partial charge in [0, 0.05) is 30.8 Å². The van der Waals surface area contributed by atoms with Crippen LogP contribution in [0.3, 0.4) is 0 Å². The lowest BCUT2D eigenvalue weighted by Gasteiger charge is -2.29. The number of ether oxygens (including phenoxy) is 1. The summed E-state index contributed by atoms with van der Waals surface area (Å²) >= 11 is 6.23. The first kappa shape index (κ1) is 16.8. The summed E-state index contributed by atoms with van der Waals surface area (Å²) in [5.74, 6) is -0.210. The third kappa shape index (κ3) is 2.77. The van der Waals surface area contributed by atoms with Gasteiger partial charge in [0.25, 0.3) is 0 Å². The van der Waals surface area contributed by atoms with Gasteiger partial charge in [0.15, 0.2) is 11.0 Å². The van der Waals surface area contributed by atoms with Crippen LogP contribution in [-0.2, 0) is 4.74 Å². The monoisotopic (exact) mass is 373 g/mol. The average Bonchev–Trinajstić information content (AvgIpc) is 2.62. The number of morpholine rings is 1. The molecule has 0 amide bonds. The molecule has 2 heterocycles. The van der Waals surface area contributed by atoms with Crippen LogP contribution >= 0.6 is 11.6 Å². The molecule has 0 spiro atoms. The average molecular weight is 374 g/mol. The number of phenols is 2. The Morgan fingerprint density at radius 3 is 2.50 bits per heavy atom. The van der Waals surface area contributed by atoms with Gasteiger partial charge in [-0.1, -0.05) is 23.7 Å². The number of anilines is 1. The molecule has 1 aliphatic heterocycles. The summed E-state index contributed by atoms with van der Waals surface area (Å²) in [6.45, 7) is 2.06. The number of hydrogen-bond donors (Lipinski definition) is 2. The molecule has 2 aromatic carbocycles. The molecular formula is C19H16ClNO5. The Bertz CT molecular complexity index is 1040. The zero-order valence-corrected chi connectivity index (χ0v) is 14.5. The van der Waals surface area contributed by atoms with Gasteiger partial charge in [-0.05, 0) is 12.1 Å². The Morgan fingerprint density at radius 1 is 1.04 bits per heavy atom. The van der Waals surface area contributed by atoms with E-state index in [4.69, 9.17) is 20.8 Å². The van der Waals surface area contributed by atoms with Crippen molar-refractivity contribution < 1.29 is 19.4 Å². The summed E-state index contributed by atoms with van der Waals surface area (Å²) in [6.07, 6.45) is 0. The van der Waals surface area contributed by atoms with Crippen LogP contribution in [0, 0.1) is 0 Å². The zero-order valence-electron chi connectivity index (χ0n) is 13.7. The molecule has 0 atom stereocenters. The van der Waals surface area contributed by atoms with E-state index in [9.17, 15) is 15.0 Å². The third-order valence-electron chi connectivity index (χ3n) is 4.40. The maximum absolute atomic E-state index is 12.7. The van der Waals surface area contributed by atoms with Gasteiger partial charge in [-0.2, -0.15) is 0 Å². The molecule has 6 nitrogen and oxygen atoms in total. The number of nitrogens with zero attached hydrogens (tertiary/aromatic N) is 1. The summed E-state index contributed by atoms with van der Waals surface area (Å²) in [6, 6.07) is 9.46. The van der Waals surface area contributed by atoms with E-state index in [0.717, 1.165) is 0 Å². The fourth-order valence-electron chi connectivity index (χ4n) is 3.18. The van der Waals surface area contributed by atoms with E-state index in [1.54, 1.807) is 24.3 Å². The molecule has 1 saturated heterocycles. The fourth-order valence-corrected chi connectivity index (χ4v) is 3.40. The van der Waals surface area contributed by atoms with Crippen molar-refractivity contribution in [2.75, 3.05) is 31.2 Å². The Balaban J connectivity index is 2.02. The number of benzene rings is 2. The molecule has 0 unspecified atom stereocenters. The molecule has 1 aliphatic rings. The molecule has 134 valence electrons. The lowest BCUT2D eigenvalue weighted by Crippen LogP contribution is -2.36. The smallest absolute Gasteiger partial charge is 0.197 e. The van der Waals surface area contributed by atoms with Crippen molar-refractivity contribution in [2.45, 2.75) is 0 Å². The van der Waals surface area contributed by atoms with Crippen molar-refractivity contribution in [3.63, 3.8) is 0 Å². The van der Waals surface area contributed by atoms with Gasteiger partial charge in [-0.15, -0.1) is 0 Å². The lowest BCUT2D eigenvalue weighted by atomic mass is 10.1. The van der Waals surface area contributed by atoms with Gasteiger partial charge < -0.3 is 24.3 Å². The van der Waals surface area contributed by atoms with Crippen molar-refractivity contribution in [1.29, 1.82) is 0 Å². The van der Waals surface area contributed by atoms with E-state index in [1.807, 2.05) is 4.90 Å². The van der Waals surface area contributed by atoms with Crippen LogP contribution in [0.1, 0.15) is 0 Å². The number of fused-ring (bicyclic) bond motifs is 1. The summed E-state index contributed by atoms with van der Waals surface area (Å²) in [7, 11) is 0. The molecular weight excluding hydrogens is 358 g/mol. The number of aromatic hydroxyl groups is 2. The minimum Gasteiger partial charge on any atom is -0.507 e. The molecule has 2 N–H and O–H groups in total. The highest BCUT2D eigenvalue weighted by atomic mass is 35.5. The second-order valence-electron chi connectivity index (χ2n) is 6.02. The Morgan fingerprint density at radius 2 is 1.77 bits per heavy atom. The molecule has 4 rings (SSSR count). The normalized spacial score (nSPS) is 14.7. The van der Waals surface area contributed by atoms with Crippen LogP contribution in [0.25, 0.3) is 22.3 Å².